The molecule has 9 heteroatoms. The Labute approximate surface area is 140 Å². The van der Waals surface area contributed by atoms with Crippen LogP contribution in [0.4, 0.5) is 14.5 Å². The minimum Gasteiger partial charge on any atom is -0.287 e. The maximum absolute atomic E-state index is 13.3. The molecular formula is C16H12F2N4O3. The lowest BCUT2D eigenvalue weighted by Crippen LogP contribution is -2.48. The number of halogens is 2. The number of carbonyl (C=O) groups excluding carboxylic acids is 3. The van der Waals surface area contributed by atoms with Crippen molar-refractivity contribution in [3.63, 3.8) is 0 Å². The summed E-state index contributed by atoms with van der Waals surface area (Å²) in [6.07, 6.45) is 2.61. The molecule has 3 amide bonds. The van der Waals surface area contributed by atoms with Crippen molar-refractivity contribution < 1.29 is 23.2 Å². The lowest BCUT2D eigenvalue weighted by molar-refractivity contribution is -0.121. The zero-order valence-electron chi connectivity index (χ0n) is 12.7. The van der Waals surface area contributed by atoms with Crippen LogP contribution >= 0.6 is 0 Å². The van der Waals surface area contributed by atoms with Crippen molar-refractivity contribution in [3.05, 3.63) is 59.9 Å². The molecule has 1 saturated heterocycles. The molecule has 2 N–H and O–H groups in total. The second-order valence-electron chi connectivity index (χ2n) is 5.26. The van der Waals surface area contributed by atoms with Crippen LogP contribution in [0.15, 0.2) is 42.7 Å². The second-order valence-corrected chi connectivity index (χ2v) is 5.26. The molecule has 0 bridgehead atoms. The predicted molar refractivity (Wildman–Crippen MR) is 82.1 cm³/mol. The molecule has 1 aromatic carbocycles. The molecule has 3 rings (SSSR count). The van der Waals surface area contributed by atoms with E-state index in [-0.39, 0.29) is 17.7 Å². The molecule has 0 spiro atoms. The SMILES string of the molecule is O=C(NNC1CC(=O)N(c2ccc(F)c(F)c2)C1=O)c1cccnc1. The van der Waals surface area contributed by atoms with Gasteiger partial charge in [0, 0.05) is 18.5 Å². The van der Waals surface area contributed by atoms with E-state index in [1.54, 1.807) is 6.07 Å². The number of carbonyl (C=O) groups is 3. The van der Waals surface area contributed by atoms with Gasteiger partial charge in [-0.2, -0.15) is 0 Å². The highest BCUT2D eigenvalue weighted by atomic mass is 19.2. The van der Waals surface area contributed by atoms with E-state index in [2.05, 4.69) is 15.8 Å². The van der Waals surface area contributed by atoms with Crippen molar-refractivity contribution in [3.8, 4) is 0 Å². The summed E-state index contributed by atoms with van der Waals surface area (Å²) in [4.78, 5) is 40.8. The Morgan fingerprint density at radius 3 is 2.68 bits per heavy atom. The van der Waals surface area contributed by atoms with Crippen molar-refractivity contribution in [1.29, 1.82) is 0 Å². The van der Waals surface area contributed by atoms with E-state index in [1.165, 1.54) is 18.5 Å². The molecule has 128 valence electrons. The lowest BCUT2D eigenvalue weighted by atomic mass is 10.2. The summed E-state index contributed by atoms with van der Waals surface area (Å²) in [6.45, 7) is 0. The first-order valence-corrected chi connectivity index (χ1v) is 7.25. The number of hydrogen-bond donors (Lipinski definition) is 2. The third-order valence-corrected chi connectivity index (χ3v) is 3.59. The van der Waals surface area contributed by atoms with Gasteiger partial charge < -0.3 is 0 Å². The molecule has 1 unspecified atom stereocenters. The minimum absolute atomic E-state index is 0.0724. The first kappa shape index (κ1) is 16.7. The quantitative estimate of drug-likeness (QED) is 0.635. The van der Waals surface area contributed by atoms with Crippen LogP contribution < -0.4 is 15.8 Å². The van der Waals surface area contributed by atoms with Gasteiger partial charge in [0.1, 0.15) is 6.04 Å². The van der Waals surface area contributed by atoms with E-state index < -0.39 is 35.4 Å². The normalized spacial score (nSPS) is 17.0. The Kier molecular flexibility index (Phi) is 4.48. The summed E-state index contributed by atoms with van der Waals surface area (Å²) in [5.74, 6) is -4.05. The van der Waals surface area contributed by atoms with Crippen molar-refractivity contribution in [2.45, 2.75) is 12.5 Å². The molecular weight excluding hydrogens is 334 g/mol. The van der Waals surface area contributed by atoms with E-state index in [4.69, 9.17) is 0 Å². The van der Waals surface area contributed by atoms with Gasteiger partial charge in [-0.1, -0.05) is 0 Å². The van der Waals surface area contributed by atoms with Gasteiger partial charge in [-0.05, 0) is 24.3 Å². The number of rotatable bonds is 4. The molecule has 25 heavy (non-hydrogen) atoms. The van der Waals surface area contributed by atoms with E-state index in [9.17, 15) is 23.2 Å². The number of nitrogens with zero attached hydrogens (tertiary/aromatic N) is 2. The molecule has 1 aliphatic rings. The van der Waals surface area contributed by atoms with E-state index in [0.717, 1.165) is 23.1 Å². The molecule has 0 radical (unpaired) electrons. The van der Waals surface area contributed by atoms with Gasteiger partial charge in [0.25, 0.3) is 11.8 Å². The van der Waals surface area contributed by atoms with Gasteiger partial charge in [0.05, 0.1) is 17.7 Å². The number of aromatic nitrogens is 1. The zero-order chi connectivity index (χ0) is 18.0. The highest BCUT2D eigenvalue weighted by Crippen LogP contribution is 2.24. The van der Waals surface area contributed by atoms with E-state index in [1.807, 2.05) is 0 Å². The zero-order valence-corrected chi connectivity index (χ0v) is 12.7. The summed E-state index contributed by atoms with van der Waals surface area (Å²) >= 11 is 0. The third-order valence-electron chi connectivity index (χ3n) is 3.59. The predicted octanol–water partition coefficient (Wildman–Crippen LogP) is 0.926. The largest absolute Gasteiger partial charge is 0.287 e. The number of amides is 3. The Balaban J connectivity index is 1.69. The number of hydrogen-bond acceptors (Lipinski definition) is 5. The number of hydrazine groups is 1. The van der Waals surface area contributed by atoms with Gasteiger partial charge in [-0.15, -0.1) is 0 Å². The first-order valence-electron chi connectivity index (χ1n) is 7.25. The van der Waals surface area contributed by atoms with Gasteiger partial charge >= 0.3 is 0 Å². The van der Waals surface area contributed by atoms with E-state index >= 15 is 0 Å². The highest BCUT2D eigenvalue weighted by molar-refractivity contribution is 6.22. The van der Waals surface area contributed by atoms with Crippen LogP contribution in [-0.2, 0) is 9.59 Å². The Bertz CT molecular complexity index is 845. The molecule has 1 atom stereocenters. The number of nitrogens with one attached hydrogen (secondary N) is 2. The van der Waals surface area contributed by atoms with Crippen LogP contribution in [0, 0.1) is 11.6 Å². The molecule has 1 fully saturated rings. The summed E-state index contributed by atoms with van der Waals surface area (Å²) in [6, 6.07) is 4.81. The fourth-order valence-electron chi connectivity index (χ4n) is 2.36. The van der Waals surface area contributed by atoms with Gasteiger partial charge in [-0.25, -0.2) is 19.1 Å². The smallest absolute Gasteiger partial charge is 0.266 e. The minimum atomic E-state index is -1.17. The summed E-state index contributed by atoms with van der Waals surface area (Å²) in [5, 5.41) is 0. The maximum atomic E-state index is 13.3. The van der Waals surface area contributed by atoms with Crippen molar-refractivity contribution >= 4 is 23.4 Å². The standard InChI is InChI=1S/C16H12F2N4O3/c17-11-4-3-10(6-12(11)18)22-14(23)7-13(16(22)25)20-21-15(24)9-2-1-5-19-8-9/h1-6,8,13,20H,7H2,(H,21,24). The van der Waals surface area contributed by atoms with Gasteiger partial charge in [-0.3, -0.25) is 24.8 Å². The van der Waals surface area contributed by atoms with Gasteiger partial charge in [0.15, 0.2) is 11.6 Å². The monoisotopic (exact) mass is 346 g/mol. The Hall–Kier alpha value is -3.20. The molecule has 2 heterocycles. The molecule has 7 nitrogen and oxygen atoms in total. The fraction of sp³-hybridized carbons (Fsp3) is 0.125. The van der Waals surface area contributed by atoms with Gasteiger partial charge in [0.2, 0.25) is 5.91 Å². The van der Waals surface area contributed by atoms with Crippen molar-refractivity contribution in [2.24, 2.45) is 0 Å². The molecule has 0 aliphatic carbocycles. The summed E-state index contributed by atoms with van der Waals surface area (Å²) in [7, 11) is 0. The summed E-state index contributed by atoms with van der Waals surface area (Å²) in [5.41, 5.74) is 5.00. The first-order chi connectivity index (χ1) is 12.0. The number of pyridine rings is 1. The maximum Gasteiger partial charge on any atom is 0.266 e. The molecule has 0 saturated carbocycles. The van der Waals surface area contributed by atoms with Crippen LogP contribution in [0.3, 0.4) is 0 Å². The number of imide groups is 1. The Morgan fingerprint density at radius 1 is 1.20 bits per heavy atom. The van der Waals surface area contributed by atoms with Crippen LogP contribution in [0.25, 0.3) is 0 Å². The topological polar surface area (TPSA) is 91.4 Å². The van der Waals surface area contributed by atoms with Crippen LogP contribution in [0.1, 0.15) is 16.8 Å². The van der Waals surface area contributed by atoms with Crippen LogP contribution in [0.2, 0.25) is 0 Å². The average Bonchev–Trinajstić information content (AvgIpc) is 2.90. The third kappa shape index (κ3) is 3.36. The van der Waals surface area contributed by atoms with Crippen LogP contribution in [-0.4, -0.2) is 28.7 Å². The van der Waals surface area contributed by atoms with E-state index in [0.29, 0.717) is 0 Å². The number of benzene rings is 1. The summed E-state index contributed by atoms with van der Waals surface area (Å²) < 4.78 is 26.3. The highest BCUT2D eigenvalue weighted by Gasteiger charge is 2.40. The van der Waals surface area contributed by atoms with Crippen LogP contribution in [0.5, 0.6) is 0 Å². The molecule has 2 aromatic rings. The molecule has 1 aliphatic heterocycles. The average molecular weight is 346 g/mol. The van der Waals surface area contributed by atoms with Crippen molar-refractivity contribution in [1.82, 2.24) is 15.8 Å². The lowest BCUT2D eigenvalue weighted by Gasteiger charge is -2.16. The molecule has 1 aromatic heterocycles. The second kappa shape index (κ2) is 6.73. The fourth-order valence-corrected chi connectivity index (χ4v) is 2.36. The van der Waals surface area contributed by atoms with Crippen molar-refractivity contribution in [2.75, 3.05) is 4.90 Å². The Morgan fingerprint density at radius 2 is 2.00 bits per heavy atom. The number of anilines is 1.